The Labute approximate surface area is 143 Å². The molecule has 1 aromatic heterocycles. The molecule has 1 saturated carbocycles. The van der Waals surface area contributed by atoms with E-state index in [2.05, 4.69) is 35.8 Å². The number of nitrogens with zero attached hydrogens (tertiary/aromatic N) is 3. The molecule has 2 aliphatic rings. The standard InChI is InChI=1S/C19H27N3S/c1-14-8-9-15(2)18-17(14)20-19(23-18)22-12-10-21(11-13-22)16-6-4-3-5-7-16/h8-9,16H,3-7,10-13H2,1-2H3. The number of aryl methyl sites for hydroxylation is 2. The van der Waals surface area contributed by atoms with Crippen molar-refractivity contribution >= 4 is 26.7 Å². The molecule has 1 aliphatic carbocycles. The Bertz CT molecular complexity index is 640. The van der Waals surface area contributed by atoms with Gasteiger partial charge in [-0.2, -0.15) is 0 Å². The molecule has 0 N–H and O–H groups in total. The van der Waals surface area contributed by atoms with Crippen molar-refractivity contribution in [3.63, 3.8) is 0 Å². The third kappa shape index (κ3) is 2.99. The number of hydrogen-bond acceptors (Lipinski definition) is 4. The molecule has 0 radical (unpaired) electrons. The van der Waals surface area contributed by atoms with E-state index in [1.54, 1.807) is 0 Å². The maximum Gasteiger partial charge on any atom is 0.186 e. The van der Waals surface area contributed by atoms with E-state index in [0.29, 0.717) is 0 Å². The van der Waals surface area contributed by atoms with Crippen molar-refractivity contribution in [3.05, 3.63) is 23.3 Å². The third-order valence-corrected chi connectivity index (χ3v) is 6.86. The van der Waals surface area contributed by atoms with Gasteiger partial charge in [-0.25, -0.2) is 4.98 Å². The summed E-state index contributed by atoms with van der Waals surface area (Å²) >= 11 is 1.88. The number of piperazine rings is 1. The molecule has 0 bridgehead atoms. The summed E-state index contributed by atoms with van der Waals surface area (Å²) in [4.78, 5) is 10.2. The van der Waals surface area contributed by atoms with Crippen LogP contribution in [0.5, 0.6) is 0 Å². The van der Waals surface area contributed by atoms with Crippen LogP contribution in [0.1, 0.15) is 43.2 Å². The van der Waals surface area contributed by atoms with Crippen molar-refractivity contribution < 1.29 is 0 Å². The molecule has 0 spiro atoms. The second-order valence-corrected chi connectivity index (χ2v) is 8.17. The van der Waals surface area contributed by atoms with E-state index in [0.717, 1.165) is 19.1 Å². The highest BCUT2D eigenvalue weighted by molar-refractivity contribution is 7.22. The van der Waals surface area contributed by atoms with Gasteiger partial charge in [0.2, 0.25) is 0 Å². The molecule has 2 heterocycles. The summed E-state index contributed by atoms with van der Waals surface area (Å²) in [5.74, 6) is 0. The van der Waals surface area contributed by atoms with Crippen molar-refractivity contribution in [2.24, 2.45) is 0 Å². The molecule has 4 heteroatoms. The van der Waals surface area contributed by atoms with Crippen LogP contribution in [0.2, 0.25) is 0 Å². The lowest BCUT2D eigenvalue weighted by Crippen LogP contribution is -2.50. The zero-order valence-corrected chi connectivity index (χ0v) is 15.2. The molecular formula is C19H27N3S. The van der Waals surface area contributed by atoms with Gasteiger partial charge in [-0.15, -0.1) is 0 Å². The number of thiazole rings is 1. The first-order chi connectivity index (χ1) is 11.2. The van der Waals surface area contributed by atoms with Gasteiger partial charge in [-0.3, -0.25) is 4.90 Å². The number of anilines is 1. The van der Waals surface area contributed by atoms with Crippen molar-refractivity contribution in [2.75, 3.05) is 31.1 Å². The number of rotatable bonds is 2. The smallest absolute Gasteiger partial charge is 0.186 e. The second-order valence-electron chi connectivity index (χ2n) is 7.19. The average Bonchev–Trinajstić information content (AvgIpc) is 3.06. The van der Waals surface area contributed by atoms with Crippen LogP contribution in [0.3, 0.4) is 0 Å². The maximum atomic E-state index is 4.96. The lowest BCUT2D eigenvalue weighted by Gasteiger charge is -2.40. The van der Waals surface area contributed by atoms with E-state index in [1.165, 1.54) is 71.7 Å². The second kappa shape index (κ2) is 6.40. The van der Waals surface area contributed by atoms with E-state index >= 15 is 0 Å². The lowest BCUT2D eigenvalue weighted by atomic mass is 9.94. The van der Waals surface area contributed by atoms with Gasteiger partial charge in [0.15, 0.2) is 5.13 Å². The summed E-state index contributed by atoms with van der Waals surface area (Å²) in [5, 5.41) is 1.22. The molecule has 0 atom stereocenters. The zero-order valence-electron chi connectivity index (χ0n) is 14.3. The fourth-order valence-corrected chi connectivity index (χ4v) is 5.27. The Balaban J connectivity index is 1.48. The molecule has 1 saturated heterocycles. The Hall–Kier alpha value is -1.13. The van der Waals surface area contributed by atoms with Crippen LogP contribution in [0.4, 0.5) is 5.13 Å². The predicted molar refractivity (Wildman–Crippen MR) is 99.8 cm³/mol. The van der Waals surface area contributed by atoms with Crippen LogP contribution >= 0.6 is 11.3 Å². The van der Waals surface area contributed by atoms with Gasteiger partial charge in [-0.05, 0) is 37.8 Å². The first kappa shape index (κ1) is 15.4. The summed E-state index contributed by atoms with van der Waals surface area (Å²) in [6.07, 6.45) is 7.14. The van der Waals surface area contributed by atoms with Gasteiger partial charge in [0, 0.05) is 32.2 Å². The van der Waals surface area contributed by atoms with Crippen molar-refractivity contribution in [1.29, 1.82) is 0 Å². The minimum Gasteiger partial charge on any atom is -0.345 e. The summed E-state index contributed by atoms with van der Waals surface area (Å²) in [7, 11) is 0. The zero-order chi connectivity index (χ0) is 15.8. The summed E-state index contributed by atoms with van der Waals surface area (Å²) < 4.78 is 1.37. The lowest BCUT2D eigenvalue weighted by molar-refractivity contribution is 0.148. The molecular weight excluding hydrogens is 302 g/mol. The number of aromatic nitrogens is 1. The minimum absolute atomic E-state index is 0.853. The topological polar surface area (TPSA) is 19.4 Å². The molecule has 2 fully saturated rings. The minimum atomic E-state index is 0.853. The third-order valence-electron chi connectivity index (χ3n) is 5.61. The summed E-state index contributed by atoms with van der Waals surface area (Å²) in [5.41, 5.74) is 3.86. The first-order valence-electron chi connectivity index (χ1n) is 9.08. The van der Waals surface area contributed by atoms with Gasteiger partial charge >= 0.3 is 0 Å². The Morgan fingerprint density at radius 3 is 2.35 bits per heavy atom. The molecule has 3 nitrogen and oxygen atoms in total. The molecule has 4 rings (SSSR count). The van der Waals surface area contributed by atoms with Gasteiger partial charge in [0.25, 0.3) is 0 Å². The largest absolute Gasteiger partial charge is 0.345 e. The highest BCUT2D eigenvalue weighted by atomic mass is 32.1. The Morgan fingerprint density at radius 2 is 1.65 bits per heavy atom. The van der Waals surface area contributed by atoms with E-state index in [1.807, 2.05) is 11.3 Å². The molecule has 2 aromatic rings. The van der Waals surface area contributed by atoms with Crippen LogP contribution in [0.25, 0.3) is 10.2 Å². The van der Waals surface area contributed by atoms with Crippen molar-refractivity contribution in [3.8, 4) is 0 Å². The molecule has 0 amide bonds. The van der Waals surface area contributed by atoms with E-state index in [9.17, 15) is 0 Å². The SMILES string of the molecule is Cc1ccc(C)c2sc(N3CCN(C4CCCCC4)CC3)nc12. The fraction of sp³-hybridized carbons (Fsp3) is 0.632. The Kier molecular flexibility index (Phi) is 4.29. The quantitative estimate of drug-likeness (QED) is 0.815. The number of hydrogen-bond donors (Lipinski definition) is 0. The van der Waals surface area contributed by atoms with E-state index in [4.69, 9.17) is 4.98 Å². The van der Waals surface area contributed by atoms with Crippen molar-refractivity contribution in [1.82, 2.24) is 9.88 Å². The van der Waals surface area contributed by atoms with Gasteiger partial charge in [0.05, 0.1) is 10.2 Å². The average molecular weight is 330 g/mol. The van der Waals surface area contributed by atoms with Gasteiger partial charge in [0.1, 0.15) is 0 Å². The number of fused-ring (bicyclic) bond motifs is 1. The molecule has 0 unspecified atom stereocenters. The summed E-state index contributed by atoms with van der Waals surface area (Å²) in [6.45, 7) is 9.05. The highest BCUT2D eigenvalue weighted by Gasteiger charge is 2.26. The van der Waals surface area contributed by atoms with Gasteiger partial charge in [-0.1, -0.05) is 42.7 Å². The van der Waals surface area contributed by atoms with Crippen LogP contribution in [-0.4, -0.2) is 42.1 Å². The summed E-state index contributed by atoms with van der Waals surface area (Å²) in [6, 6.07) is 5.27. The Morgan fingerprint density at radius 1 is 0.957 bits per heavy atom. The van der Waals surface area contributed by atoms with E-state index in [-0.39, 0.29) is 0 Å². The molecule has 23 heavy (non-hydrogen) atoms. The van der Waals surface area contributed by atoms with Crippen molar-refractivity contribution in [2.45, 2.75) is 52.0 Å². The maximum absolute atomic E-state index is 4.96. The first-order valence-corrected chi connectivity index (χ1v) is 9.90. The normalized spacial score (nSPS) is 21.2. The fourth-order valence-electron chi connectivity index (χ4n) is 4.11. The van der Waals surface area contributed by atoms with Crippen LogP contribution < -0.4 is 4.90 Å². The van der Waals surface area contributed by atoms with Crippen LogP contribution in [0.15, 0.2) is 12.1 Å². The van der Waals surface area contributed by atoms with E-state index < -0.39 is 0 Å². The predicted octanol–water partition coefficient (Wildman–Crippen LogP) is 4.37. The molecule has 124 valence electrons. The van der Waals surface area contributed by atoms with Gasteiger partial charge < -0.3 is 4.90 Å². The monoisotopic (exact) mass is 329 g/mol. The highest BCUT2D eigenvalue weighted by Crippen LogP contribution is 2.34. The number of benzene rings is 1. The molecule has 1 aromatic carbocycles. The molecule has 1 aliphatic heterocycles. The van der Waals surface area contributed by atoms with Crippen LogP contribution in [-0.2, 0) is 0 Å². The van der Waals surface area contributed by atoms with Crippen LogP contribution in [0, 0.1) is 13.8 Å².